The van der Waals surface area contributed by atoms with Crippen LogP contribution in [-0.4, -0.2) is 99.6 Å². The molecule has 47 heavy (non-hydrogen) atoms. The molecule has 5 aliphatic heterocycles. The summed E-state index contributed by atoms with van der Waals surface area (Å²) >= 11 is 1.38. The molecule has 248 valence electrons. The first-order chi connectivity index (χ1) is 22.9. The number of benzene rings is 2. The summed E-state index contributed by atoms with van der Waals surface area (Å²) in [5.41, 5.74) is 9.38. The van der Waals surface area contributed by atoms with E-state index in [1.165, 1.54) is 11.3 Å². The summed E-state index contributed by atoms with van der Waals surface area (Å²) in [5.74, 6) is 0.245. The minimum Gasteiger partial charge on any atom is -0.461 e. The molecule has 13 heteroatoms. The smallest absolute Gasteiger partial charge is 0.319 e. The maximum atomic E-state index is 17.3. The topological polar surface area (TPSA) is 113 Å². The van der Waals surface area contributed by atoms with E-state index in [9.17, 15) is 9.50 Å². The largest absolute Gasteiger partial charge is 0.461 e. The number of aliphatic hydroxyl groups is 1. The molecule has 5 aliphatic rings. The van der Waals surface area contributed by atoms with Gasteiger partial charge in [-0.05, 0) is 55.8 Å². The maximum Gasteiger partial charge on any atom is 0.319 e. The molecule has 4 atom stereocenters. The van der Waals surface area contributed by atoms with Gasteiger partial charge < -0.3 is 25.2 Å². The highest BCUT2D eigenvalue weighted by atomic mass is 32.1. The van der Waals surface area contributed by atoms with Gasteiger partial charge in [-0.2, -0.15) is 9.97 Å². The molecule has 2 aromatic heterocycles. The highest BCUT2D eigenvalue weighted by molar-refractivity contribution is 7.22. The van der Waals surface area contributed by atoms with E-state index >= 15 is 4.39 Å². The summed E-state index contributed by atoms with van der Waals surface area (Å²) < 4.78 is 45.3. The van der Waals surface area contributed by atoms with E-state index < -0.39 is 12.0 Å². The molecule has 0 amide bonds. The number of nitrogens with zero attached hydrogens (tertiary/aromatic N) is 6. The molecular formula is C34H39F2N7O3S. The number of ether oxygens (including phenoxy) is 2. The Hall–Kier alpha value is -3.23. The van der Waals surface area contributed by atoms with E-state index in [2.05, 4.69) is 19.7 Å². The summed E-state index contributed by atoms with van der Waals surface area (Å²) in [5, 5.41) is 10.6. The molecule has 7 heterocycles. The molecule has 4 aromatic rings. The van der Waals surface area contributed by atoms with Gasteiger partial charge >= 0.3 is 6.01 Å². The molecule has 2 bridgehead atoms. The van der Waals surface area contributed by atoms with E-state index in [0.717, 1.165) is 74.1 Å². The van der Waals surface area contributed by atoms with E-state index in [1.807, 2.05) is 18.2 Å². The van der Waals surface area contributed by atoms with Gasteiger partial charge in [0, 0.05) is 62.4 Å². The molecule has 0 spiro atoms. The van der Waals surface area contributed by atoms with Crippen LogP contribution >= 0.6 is 11.3 Å². The number of likely N-dealkylation sites (tertiary alicyclic amines) is 1. The lowest BCUT2D eigenvalue weighted by atomic mass is 9.92. The molecule has 3 N–H and O–H groups in total. The summed E-state index contributed by atoms with van der Waals surface area (Å²) in [4.78, 5) is 21.5. The third-order valence-corrected chi connectivity index (χ3v) is 12.0. The SMILES string of the molecule is Nc1nc2c(-c3c4c(c5c(N6C7CCC6CN(CCCO)C7)nc(OC[C@@]67CCCN6C[C@H](F)C7)nc5c3F)COC4)cccc2s1. The second-order valence-electron chi connectivity index (χ2n) is 13.9. The molecule has 9 rings (SSSR count). The van der Waals surface area contributed by atoms with Gasteiger partial charge in [0.15, 0.2) is 10.9 Å². The number of aromatic nitrogens is 3. The third-order valence-electron chi connectivity index (χ3n) is 11.1. The second-order valence-corrected chi connectivity index (χ2v) is 15.0. The zero-order chi connectivity index (χ0) is 31.9. The van der Waals surface area contributed by atoms with Gasteiger partial charge in [0.05, 0.1) is 34.4 Å². The van der Waals surface area contributed by atoms with E-state index in [4.69, 9.17) is 25.2 Å². The Labute approximate surface area is 275 Å². The molecule has 0 radical (unpaired) electrons. The fourth-order valence-electron chi connectivity index (χ4n) is 9.15. The van der Waals surface area contributed by atoms with Crippen molar-refractivity contribution >= 4 is 43.4 Å². The molecular weight excluding hydrogens is 624 g/mol. The highest BCUT2D eigenvalue weighted by Crippen LogP contribution is 2.47. The van der Waals surface area contributed by atoms with Crippen LogP contribution in [0.15, 0.2) is 18.2 Å². The number of hydrogen-bond acceptors (Lipinski definition) is 11. The van der Waals surface area contributed by atoms with Crippen LogP contribution in [0.25, 0.3) is 32.2 Å². The van der Waals surface area contributed by atoms with Gasteiger partial charge in [-0.3, -0.25) is 9.80 Å². The average molecular weight is 664 g/mol. The van der Waals surface area contributed by atoms with Crippen LogP contribution < -0.4 is 15.4 Å². The van der Waals surface area contributed by atoms with Gasteiger partial charge in [-0.15, -0.1) is 0 Å². The summed E-state index contributed by atoms with van der Waals surface area (Å²) in [6.45, 7) is 4.86. The Bertz CT molecular complexity index is 1860. The van der Waals surface area contributed by atoms with Crippen molar-refractivity contribution in [1.29, 1.82) is 0 Å². The summed E-state index contributed by atoms with van der Waals surface area (Å²) in [6, 6.07) is 6.24. The lowest BCUT2D eigenvalue weighted by molar-refractivity contribution is 0.107. The summed E-state index contributed by atoms with van der Waals surface area (Å²) in [6.07, 6.45) is 4.16. The highest BCUT2D eigenvalue weighted by Gasteiger charge is 2.50. The molecule has 0 aliphatic carbocycles. The number of alkyl halides is 1. The van der Waals surface area contributed by atoms with E-state index in [1.54, 1.807) is 0 Å². The zero-order valence-electron chi connectivity index (χ0n) is 26.3. The Balaban J connectivity index is 1.20. The minimum atomic E-state index is -0.880. The van der Waals surface area contributed by atoms with E-state index in [0.29, 0.717) is 52.6 Å². The first-order valence-electron chi connectivity index (χ1n) is 16.8. The Morgan fingerprint density at radius 1 is 1.09 bits per heavy atom. The summed E-state index contributed by atoms with van der Waals surface area (Å²) in [7, 11) is 0. The Morgan fingerprint density at radius 3 is 2.74 bits per heavy atom. The van der Waals surface area contributed by atoms with Crippen LogP contribution in [0.3, 0.4) is 0 Å². The quantitative estimate of drug-likeness (QED) is 0.276. The van der Waals surface area contributed by atoms with Crippen molar-refractivity contribution in [2.75, 3.05) is 56.6 Å². The molecule has 0 saturated carbocycles. The number of anilines is 2. The van der Waals surface area contributed by atoms with Gasteiger partial charge in [0.25, 0.3) is 0 Å². The molecule has 4 saturated heterocycles. The molecule has 2 unspecified atom stereocenters. The number of thiazole rings is 1. The standard InChI is InChI=1S/C34H39F2N7O3S/c35-19-12-34(8-2-10-42(34)13-19)18-46-33-39-30-27(31(40-33)43-20-6-7-21(43)15-41(14-20)9-3-11-44)24-17-45-16-23(24)26(28(30)36)22-4-1-5-25-29(22)38-32(37)47-25/h1,4-5,19-21,44H,2-3,6-18H2,(H2,37,38)/t19-,20?,21?,34+/m1/s1. The van der Waals surface area contributed by atoms with Gasteiger partial charge in [0.1, 0.15) is 24.1 Å². The van der Waals surface area contributed by atoms with Crippen LogP contribution in [-0.2, 0) is 18.0 Å². The predicted octanol–water partition coefficient (Wildman–Crippen LogP) is 4.65. The Kier molecular flexibility index (Phi) is 7.27. The molecule has 10 nitrogen and oxygen atoms in total. The number of nitrogen functional groups attached to an aromatic ring is 1. The van der Waals surface area contributed by atoms with Crippen LogP contribution in [0.5, 0.6) is 6.01 Å². The number of fused-ring (bicyclic) bond motifs is 7. The van der Waals surface area contributed by atoms with Crippen LogP contribution in [0.2, 0.25) is 0 Å². The Morgan fingerprint density at radius 2 is 1.91 bits per heavy atom. The zero-order valence-corrected chi connectivity index (χ0v) is 27.1. The number of aliphatic hydroxyl groups excluding tert-OH is 1. The fraction of sp³-hybridized carbons (Fsp3) is 0.559. The average Bonchev–Trinajstić information content (AvgIpc) is 3.87. The minimum absolute atomic E-state index is 0.123. The normalized spacial score (nSPS) is 27.4. The molecule has 2 aromatic carbocycles. The second kappa shape index (κ2) is 11.4. The first kappa shape index (κ1) is 29.9. The van der Waals surface area contributed by atoms with Crippen molar-refractivity contribution < 1.29 is 23.4 Å². The number of hydrogen-bond donors (Lipinski definition) is 2. The fourth-order valence-corrected chi connectivity index (χ4v) is 9.91. The van der Waals surface area contributed by atoms with Crippen molar-refractivity contribution in [2.24, 2.45) is 0 Å². The van der Waals surface area contributed by atoms with Crippen molar-refractivity contribution in [3.05, 3.63) is 35.1 Å². The molecule has 4 fully saturated rings. The number of rotatable bonds is 8. The lowest BCUT2D eigenvalue weighted by Crippen LogP contribution is -2.54. The van der Waals surface area contributed by atoms with Crippen LogP contribution in [0.1, 0.15) is 49.7 Å². The maximum absolute atomic E-state index is 17.3. The van der Waals surface area contributed by atoms with Crippen molar-refractivity contribution in [1.82, 2.24) is 24.8 Å². The monoisotopic (exact) mass is 663 g/mol. The lowest BCUT2D eigenvalue weighted by Gasteiger charge is -2.42. The number of nitrogens with two attached hydrogens (primary N) is 1. The van der Waals surface area contributed by atoms with Gasteiger partial charge in [-0.1, -0.05) is 23.5 Å². The van der Waals surface area contributed by atoms with Crippen molar-refractivity contribution in [2.45, 2.75) is 75.5 Å². The van der Waals surface area contributed by atoms with Crippen LogP contribution in [0.4, 0.5) is 19.7 Å². The number of piperazine rings is 1. The van der Waals surface area contributed by atoms with E-state index in [-0.39, 0.29) is 49.0 Å². The van der Waals surface area contributed by atoms with Crippen molar-refractivity contribution in [3.63, 3.8) is 0 Å². The van der Waals surface area contributed by atoms with Crippen LogP contribution in [0, 0.1) is 5.82 Å². The van der Waals surface area contributed by atoms with Gasteiger partial charge in [0.2, 0.25) is 0 Å². The first-order valence-corrected chi connectivity index (χ1v) is 17.7. The number of para-hydroxylation sites is 1. The number of halogens is 2. The third kappa shape index (κ3) is 4.79. The van der Waals surface area contributed by atoms with Gasteiger partial charge in [-0.25, -0.2) is 13.8 Å². The van der Waals surface area contributed by atoms with Crippen molar-refractivity contribution in [3.8, 4) is 17.1 Å². The predicted molar refractivity (Wildman–Crippen MR) is 177 cm³/mol.